The van der Waals surface area contributed by atoms with E-state index in [9.17, 15) is 4.79 Å². The fraction of sp³-hybridized carbons (Fsp3) is 0.611. The van der Waals surface area contributed by atoms with E-state index >= 15 is 0 Å². The van der Waals surface area contributed by atoms with Gasteiger partial charge in [0.1, 0.15) is 5.75 Å². The van der Waals surface area contributed by atoms with Gasteiger partial charge in [-0.1, -0.05) is 12.1 Å². The number of halogens is 1. The number of amides is 1. The van der Waals surface area contributed by atoms with E-state index in [0.29, 0.717) is 11.1 Å². The van der Waals surface area contributed by atoms with Crippen molar-refractivity contribution >= 4 is 41.8 Å². The maximum atomic E-state index is 11.9. The number of benzene rings is 1. The number of carbonyl (C=O) groups is 1. The maximum Gasteiger partial charge on any atom is 0.257 e. The van der Waals surface area contributed by atoms with Gasteiger partial charge in [-0.05, 0) is 35.6 Å². The minimum atomic E-state index is -0.0578. The van der Waals surface area contributed by atoms with E-state index in [2.05, 4.69) is 27.7 Å². The van der Waals surface area contributed by atoms with E-state index in [1.807, 2.05) is 35.7 Å². The van der Waals surface area contributed by atoms with Gasteiger partial charge in [-0.25, -0.2) is 0 Å². The second-order valence-corrected chi connectivity index (χ2v) is 8.95. The number of rotatable bonds is 7. The third kappa shape index (κ3) is 7.19. The second kappa shape index (κ2) is 12.0. The Bertz CT molecular complexity index is 536. The molecule has 5 nitrogen and oxygen atoms in total. The summed E-state index contributed by atoms with van der Waals surface area (Å²) < 4.78 is 6.14. The van der Waals surface area contributed by atoms with Crippen molar-refractivity contribution in [2.24, 2.45) is 0 Å². The summed E-state index contributed by atoms with van der Waals surface area (Å²) in [5, 5.41) is 6.26. The van der Waals surface area contributed by atoms with Gasteiger partial charge in [0.25, 0.3) is 5.91 Å². The molecule has 0 radical (unpaired) electrons. The molecule has 0 bridgehead atoms. The molecule has 26 heavy (non-hydrogen) atoms. The Balaban J connectivity index is 0.00000243. The van der Waals surface area contributed by atoms with Crippen molar-refractivity contribution in [3.63, 3.8) is 0 Å². The fourth-order valence-electron chi connectivity index (χ4n) is 2.89. The van der Waals surface area contributed by atoms with Crippen molar-refractivity contribution in [3.05, 3.63) is 29.8 Å². The molecule has 1 aromatic rings. The molecule has 2 saturated heterocycles. The van der Waals surface area contributed by atoms with Crippen LogP contribution in [-0.2, 0) is 4.79 Å². The highest BCUT2D eigenvalue weighted by Gasteiger charge is 2.16. The molecule has 3 rings (SSSR count). The second-order valence-electron chi connectivity index (χ2n) is 6.23. The molecular weight excluding hydrogens is 390 g/mol. The van der Waals surface area contributed by atoms with Crippen LogP contribution in [0.4, 0.5) is 0 Å². The monoisotopic (exact) mass is 417 g/mol. The summed E-state index contributed by atoms with van der Waals surface area (Å²) in [4.78, 5) is 14.3. The molecule has 2 aliphatic rings. The molecule has 0 unspecified atom stereocenters. The molecule has 0 spiro atoms. The lowest BCUT2D eigenvalue weighted by Gasteiger charge is -2.27. The van der Waals surface area contributed by atoms with Crippen molar-refractivity contribution in [1.29, 1.82) is 0 Å². The predicted octanol–water partition coefficient (Wildman–Crippen LogP) is 2.38. The topological polar surface area (TPSA) is 53.6 Å². The summed E-state index contributed by atoms with van der Waals surface area (Å²) in [6.07, 6.45) is 1.30. The SMILES string of the molecule is Cl.O=C(COc1ccc(C2SCCCS2)cc1)NCCN1CCNCC1. The van der Waals surface area contributed by atoms with Gasteiger partial charge in [0, 0.05) is 39.3 Å². The van der Waals surface area contributed by atoms with Crippen molar-refractivity contribution in [2.45, 2.75) is 11.0 Å². The zero-order chi connectivity index (χ0) is 17.3. The van der Waals surface area contributed by atoms with Crippen LogP contribution in [0, 0.1) is 0 Å². The van der Waals surface area contributed by atoms with E-state index in [-0.39, 0.29) is 24.9 Å². The highest BCUT2D eigenvalue weighted by molar-refractivity contribution is 8.16. The number of ether oxygens (including phenoxy) is 1. The Labute approximate surface area is 170 Å². The Hall–Kier alpha value is -0.600. The molecule has 2 N–H and O–H groups in total. The van der Waals surface area contributed by atoms with Gasteiger partial charge in [0.05, 0.1) is 4.58 Å². The molecule has 2 fully saturated rings. The molecule has 0 atom stereocenters. The van der Waals surface area contributed by atoms with E-state index in [1.54, 1.807) is 0 Å². The van der Waals surface area contributed by atoms with Crippen LogP contribution in [0.1, 0.15) is 16.6 Å². The van der Waals surface area contributed by atoms with Crippen molar-refractivity contribution in [1.82, 2.24) is 15.5 Å². The Morgan fingerprint density at radius 1 is 1.19 bits per heavy atom. The third-order valence-corrected chi connectivity index (χ3v) is 7.32. The van der Waals surface area contributed by atoms with Gasteiger partial charge < -0.3 is 15.4 Å². The predicted molar refractivity (Wildman–Crippen MR) is 114 cm³/mol. The lowest BCUT2D eigenvalue weighted by Crippen LogP contribution is -2.46. The molecule has 2 aliphatic heterocycles. The highest BCUT2D eigenvalue weighted by Crippen LogP contribution is 2.43. The molecule has 8 heteroatoms. The molecular formula is C18H28ClN3O2S2. The van der Waals surface area contributed by atoms with Gasteiger partial charge in [0.15, 0.2) is 6.61 Å². The number of nitrogens with zero attached hydrogens (tertiary/aromatic N) is 1. The van der Waals surface area contributed by atoms with Gasteiger partial charge in [-0.15, -0.1) is 35.9 Å². The summed E-state index contributed by atoms with van der Waals surface area (Å²) in [7, 11) is 0. The largest absolute Gasteiger partial charge is 0.484 e. The smallest absolute Gasteiger partial charge is 0.257 e. The first-order valence-corrected chi connectivity index (χ1v) is 11.1. The quantitative estimate of drug-likeness (QED) is 0.710. The van der Waals surface area contributed by atoms with Crippen molar-refractivity contribution in [2.75, 3.05) is 57.4 Å². The first kappa shape index (κ1) is 21.7. The number of nitrogens with one attached hydrogen (secondary N) is 2. The van der Waals surface area contributed by atoms with Crippen LogP contribution in [0.3, 0.4) is 0 Å². The first-order valence-electron chi connectivity index (χ1n) is 8.97. The van der Waals surface area contributed by atoms with E-state index in [1.165, 1.54) is 23.5 Å². The number of piperazine rings is 1. The molecule has 1 amide bonds. The normalized spacial score (nSPS) is 18.8. The lowest BCUT2D eigenvalue weighted by atomic mass is 10.2. The number of carbonyl (C=O) groups excluding carboxylic acids is 1. The summed E-state index contributed by atoms with van der Waals surface area (Å²) in [6.45, 7) is 5.83. The van der Waals surface area contributed by atoms with Gasteiger partial charge >= 0.3 is 0 Å². The van der Waals surface area contributed by atoms with E-state index < -0.39 is 0 Å². The summed E-state index contributed by atoms with van der Waals surface area (Å²) >= 11 is 4.02. The maximum absolute atomic E-state index is 11.9. The Morgan fingerprint density at radius 2 is 1.88 bits per heavy atom. The van der Waals surface area contributed by atoms with Crippen molar-refractivity contribution < 1.29 is 9.53 Å². The molecule has 2 heterocycles. The third-order valence-electron chi connectivity index (χ3n) is 4.31. The minimum absolute atomic E-state index is 0. The first-order chi connectivity index (χ1) is 12.3. The van der Waals surface area contributed by atoms with Crippen LogP contribution >= 0.6 is 35.9 Å². The van der Waals surface area contributed by atoms with Crippen molar-refractivity contribution in [3.8, 4) is 5.75 Å². The van der Waals surface area contributed by atoms with E-state index in [4.69, 9.17) is 4.74 Å². The number of hydrogen-bond acceptors (Lipinski definition) is 6. The van der Waals surface area contributed by atoms with Crippen LogP contribution in [0.25, 0.3) is 0 Å². The molecule has 0 aromatic heterocycles. The van der Waals surface area contributed by atoms with Crippen LogP contribution in [0.2, 0.25) is 0 Å². The van der Waals surface area contributed by atoms with Gasteiger partial charge in [-0.3, -0.25) is 9.69 Å². The van der Waals surface area contributed by atoms with Gasteiger partial charge in [0.2, 0.25) is 0 Å². The van der Waals surface area contributed by atoms with Crippen LogP contribution in [0.5, 0.6) is 5.75 Å². The number of hydrogen-bond donors (Lipinski definition) is 2. The summed E-state index contributed by atoms with van der Waals surface area (Å²) in [5.74, 6) is 3.18. The molecule has 0 aliphatic carbocycles. The highest BCUT2D eigenvalue weighted by atomic mass is 35.5. The van der Waals surface area contributed by atoms with Crippen LogP contribution in [0.15, 0.2) is 24.3 Å². The minimum Gasteiger partial charge on any atom is -0.484 e. The van der Waals surface area contributed by atoms with Gasteiger partial charge in [-0.2, -0.15) is 0 Å². The average Bonchev–Trinajstić information content (AvgIpc) is 2.68. The Morgan fingerprint density at radius 3 is 2.58 bits per heavy atom. The molecule has 146 valence electrons. The lowest BCUT2D eigenvalue weighted by molar-refractivity contribution is -0.123. The zero-order valence-electron chi connectivity index (χ0n) is 14.9. The van der Waals surface area contributed by atoms with Crippen LogP contribution < -0.4 is 15.4 Å². The Kier molecular flexibility index (Phi) is 9.99. The summed E-state index contributed by atoms with van der Waals surface area (Å²) in [6, 6.07) is 8.18. The molecule has 1 aromatic carbocycles. The van der Waals surface area contributed by atoms with E-state index in [0.717, 1.165) is 38.5 Å². The standard InChI is InChI=1S/C18H27N3O2S2.ClH/c22-17(20-8-11-21-9-6-19-7-10-21)14-23-16-4-2-15(3-5-16)18-24-12-1-13-25-18;/h2-5,18-19H,1,6-14H2,(H,20,22);1H. The summed E-state index contributed by atoms with van der Waals surface area (Å²) in [5.41, 5.74) is 1.34. The zero-order valence-corrected chi connectivity index (χ0v) is 17.4. The van der Waals surface area contributed by atoms with Crippen LogP contribution in [-0.4, -0.2) is 68.2 Å². The molecule has 0 saturated carbocycles. The number of thioether (sulfide) groups is 2. The average molecular weight is 418 g/mol. The fourth-order valence-corrected chi connectivity index (χ4v) is 5.78.